The summed E-state index contributed by atoms with van der Waals surface area (Å²) in [5.74, 6) is -0.719. The highest BCUT2D eigenvalue weighted by atomic mass is 79.9. The Morgan fingerprint density at radius 3 is 2.82 bits per heavy atom. The first-order valence-corrected chi connectivity index (χ1v) is 6.59. The van der Waals surface area contributed by atoms with Crippen LogP contribution >= 0.6 is 15.9 Å². The van der Waals surface area contributed by atoms with Gasteiger partial charge in [0.2, 0.25) is 0 Å². The molecule has 0 amide bonds. The standard InChI is InChI=1S/C13H18BrNO2/c1-2-15(8-4-7-13(16)17)10-11-5-3-6-12(14)9-11/h3,5-6,9H,2,4,7-8,10H2,1H3,(H,16,17). The Kier molecular flexibility index (Phi) is 6.22. The van der Waals surface area contributed by atoms with Crippen LogP contribution in [0.5, 0.6) is 0 Å². The molecule has 0 saturated carbocycles. The Balaban J connectivity index is 2.43. The Morgan fingerprint density at radius 1 is 1.47 bits per heavy atom. The molecule has 0 unspecified atom stereocenters. The third-order valence-corrected chi connectivity index (χ3v) is 3.10. The maximum Gasteiger partial charge on any atom is 0.303 e. The van der Waals surface area contributed by atoms with E-state index in [1.165, 1.54) is 5.56 Å². The van der Waals surface area contributed by atoms with E-state index in [2.05, 4.69) is 39.9 Å². The lowest BCUT2D eigenvalue weighted by molar-refractivity contribution is -0.137. The summed E-state index contributed by atoms with van der Waals surface area (Å²) >= 11 is 3.45. The van der Waals surface area contributed by atoms with Gasteiger partial charge in [0.15, 0.2) is 0 Å². The topological polar surface area (TPSA) is 40.5 Å². The van der Waals surface area contributed by atoms with Gasteiger partial charge in [-0.25, -0.2) is 0 Å². The molecule has 0 heterocycles. The van der Waals surface area contributed by atoms with E-state index in [1.807, 2.05) is 12.1 Å². The largest absolute Gasteiger partial charge is 0.481 e. The average molecular weight is 300 g/mol. The van der Waals surface area contributed by atoms with Gasteiger partial charge in [0.05, 0.1) is 0 Å². The molecule has 4 heteroatoms. The lowest BCUT2D eigenvalue weighted by atomic mass is 10.2. The predicted octanol–water partition coefficient (Wildman–Crippen LogP) is 3.14. The quantitative estimate of drug-likeness (QED) is 0.841. The number of rotatable bonds is 7. The van der Waals surface area contributed by atoms with E-state index in [-0.39, 0.29) is 6.42 Å². The highest BCUT2D eigenvalue weighted by molar-refractivity contribution is 9.10. The summed E-state index contributed by atoms with van der Waals surface area (Å²) in [5, 5.41) is 8.60. The Morgan fingerprint density at radius 2 is 2.24 bits per heavy atom. The highest BCUT2D eigenvalue weighted by Crippen LogP contribution is 2.13. The molecule has 17 heavy (non-hydrogen) atoms. The Hall–Kier alpha value is -0.870. The van der Waals surface area contributed by atoms with Gasteiger partial charge < -0.3 is 5.11 Å². The number of nitrogens with zero attached hydrogens (tertiary/aromatic N) is 1. The van der Waals surface area contributed by atoms with Crippen molar-refractivity contribution in [1.29, 1.82) is 0 Å². The second-order valence-electron chi connectivity index (χ2n) is 4.00. The molecule has 1 aromatic carbocycles. The van der Waals surface area contributed by atoms with Crippen molar-refractivity contribution in [1.82, 2.24) is 4.90 Å². The van der Waals surface area contributed by atoms with E-state index in [4.69, 9.17) is 5.11 Å². The van der Waals surface area contributed by atoms with Crippen molar-refractivity contribution in [2.45, 2.75) is 26.3 Å². The lowest BCUT2D eigenvalue weighted by Gasteiger charge is -2.20. The zero-order chi connectivity index (χ0) is 12.7. The molecule has 0 bridgehead atoms. The minimum atomic E-state index is -0.719. The van der Waals surface area contributed by atoms with Crippen molar-refractivity contribution in [3.63, 3.8) is 0 Å². The van der Waals surface area contributed by atoms with E-state index in [0.29, 0.717) is 6.42 Å². The van der Waals surface area contributed by atoms with Crippen molar-refractivity contribution in [3.05, 3.63) is 34.3 Å². The predicted molar refractivity (Wildman–Crippen MR) is 72.0 cm³/mol. The molecule has 1 N–H and O–H groups in total. The molecule has 0 spiro atoms. The highest BCUT2D eigenvalue weighted by Gasteiger charge is 2.05. The number of hydrogen-bond donors (Lipinski definition) is 1. The zero-order valence-electron chi connectivity index (χ0n) is 10.0. The number of hydrogen-bond acceptors (Lipinski definition) is 2. The van der Waals surface area contributed by atoms with Crippen LogP contribution in [0, 0.1) is 0 Å². The fourth-order valence-corrected chi connectivity index (χ4v) is 2.14. The molecule has 0 aromatic heterocycles. The summed E-state index contributed by atoms with van der Waals surface area (Å²) in [4.78, 5) is 12.7. The first kappa shape index (κ1) is 14.2. The molecule has 0 atom stereocenters. The van der Waals surface area contributed by atoms with Crippen molar-refractivity contribution in [2.75, 3.05) is 13.1 Å². The minimum absolute atomic E-state index is 0.245. The van der Waals surface area contributed by atoms with E-state index in [0.717, 1.165) is 24.1 Å². The normalized spacial score (nSPS) is 10.8. The van der Waals surface area contributed by atoms with Crippen LogP contribution in [0.1, 0.15) is 25.3 Å². The molecule has 0 aliphatic carbocycles. The van der Waals surface area contributed by atoms with Crippen molar-refractivity contribution < 1.29 is 9.90 Å². The molecule has 0 fully saturated rings. The number of carboxylic acid groups (broad SMARTS) is 1. The second-order valence-corrected chi connectivity index (χ2v) is 4.91. The van der Waals surface area contributed by atoms with E-state index in [9.17, 15) is 4.79 Å². The third kappa shape index (κ3) is 5.84. The van der Waals surface area contributed by atoms with Crippen LogP contribution in [0.15, 0.2) is 28.7 Å². The van der Waals surface area contributed by atoms with Gasteiger partial charge in [-0.15, -0.1) is 0 Å². The zero-order valence-corrected chi connectivity index (χ0v) is 11.6. The van der Waals surface area contributed by atoms with E-state index >= 15 is 0 Å². The van der Waals surface area contributed by atoms with Gasteiger partial charge in [0, 0.05) is 17.4 Å². The van der Waals surface area contributed by atoms with Gasteiger partial charge >= 0.3 is 5.97 Å². The first-order valence-electron chi connectivity index (χ1n) is 5.80. The lowest BCUT2D eigenvalue weighted by Crippen LogP contribution is -2.24. The molecule has 0 aliphatic heterocycles. The van der Waals surface area contributed by atoms with Gasteiger partial charge in [-0.05, 0) is 37.2 Å². The van der Waals surface area contributed by atoms with Gasteiger partial charge in [-0.2, -0.15) is 0 Å². The van der Waals surface area contributed by atoms with Crippen LogP contribution in [0.25, 0.3) is 0 Å². The summed E-state index contributed by atoms with van der Waals surface area (Å²) in [5.41, 5.74) is 1.25. The summed E-state index contributed by atoms with van der Waals surface area (Å²) in [7, 11) is 0. The molecule has 94 valence electrons. The average Bonchev–Trinajstić information content (AvgIpc) is 2.27. The molecule has 1 rings (SSSR count). The van der Waals surface area contributed by atoms with E-state index < -0.39 is 5.97 Å². The van der Waals surface area contributed by atoms with Crippen LogP contribution in [0.4, 0.5) is 0 Å². The molecule has 0 saturated heterocycles. The molecule has 0 radical (unpaired) electrons. The van der Waals surface area contributed by atoms with Gasteiger partial charge in [0.1, 0.15) is 0 Å². The van der Waals surface area contributed by atoms with Crippen molar-refractivity contribution in [3.8, 4) is 0 Å². The number of carboxylic acids is 1. The molecule has 0 aliphatic rings. The van der Waals surface area contributed by atoms with Gasteiger partial charge in [0.25, 0.3) is 0 Å². The fraction of sp³-hybridized carbons (Fsp3) is 0.462. The number of benzene rings is 1. The van der Waals surface area contributed by atoms with Crippen LogP contribution in [0.2, 0.25) is 0 Å². The number of halogens is 1. The van der Waals surface area contributed by atoms with Gasteiger partial charge in [-0.3, -0.25) is 9.69 Å². The van der Waals surface area contributed by atoms with Gasteiger partial charge in [-0.1, -0.05) is 35.0 Å². The van der Waals surface area contributed by atoms with Crippen LogP contribution in [-0.2, 0) is 11.3 Å². The van der Waals surface area contributed by atoms with E-state index in [1.54, 1.807) is 0 Å². The maximum atomic E-state index is 10.4. The van der Waals surface area contributed by atoms with Crippen LogP contribution in [0.3, 0.4) is 0 Å². The second kappa shape index (κ2) is 7.45. The first-order chi connectivity index (χ1) is 8.11. The van der Waals surface area contributed by atoms with Crippen LogP contribution < -0.4 is 0 Å². The Bertz CT molecular complexity index is 368. The van der Waals surface area contributed by atoms with Crippen molar-refractivity contribution in [2.24, 2.45) is 0 Å². The molecular weight excluding hydrogens is 282 g/mol. The summed E-state index contributed by atoms with van der Waals surface area (Å²) in [6.45, 7) is 4.73. The molecule has 3 nitrogen and oxygen atoms in total. The summed E-state index contributed by atoms with van der Waals surface area (Å²) in [6, 6.07) is 8.21. The van der Waals surface area contributed by atoms with Crippen LogP contribution in [-0.4, -0.2) is 29.1 Å². The number of aliphatic carboxylic acids is 1. The fourth-order valence-electron chi connectivity index (χ4n) is 1.70. The smallest absolute Gasteiger partial charge is 0.303 e. The SMILES string of the molecule is CCN(CCCC(=O)O)Cc1cccc(Br)c1. The molecular formula is C13H18BrNO2. The number of carbonyl (C=O) groups is 1. The monoisotopic (exact) mass is 299 g/mol. The Labute approximate surface area is 111 Å². The van der Waals surface area contributed by atoms with Crippen molar-refractivity contribution >= 4 is 21.9 Å². The molecule has 1 aromatic rings. The third-order valence-electron chi connectivity index (χ3n) is 2.61. The minimum Gasteiger partial charge on any atom is -0.481 e. The summed E-state index contributed by atoms with van der Waals surface area (Å²) < 4.78 is 1.08. The summed E-state index contributed by atoms with van der Waals surface area (Å²) in [6.07, 6.45) is 0.951. The maximum absolute atomic E-state index is 10.4.